The van der Waals surface area contributed by atoms with Gasteiger partial charge in [0.2, 0.25) is 0 Å². The number of carbonyl (C=O) groups is 4. The van der Waals surface area contributed by atoms with Gasteiger partial charge >= 0.3 is 39.5 Å². The molecule has 0 rings (SSSR count). The van der Waals surface area contributed by atoms with Crippen molar-refractivity contribution in [1.29, 1.82) is 0 Å². The number of aliphatic hydroxyl groups excluding tert-OH is 1. The summed E-state index contributed by atoms with van der Waals surface area (Å²) in [6.07, 6.45) is 72.6. The van der Waals surface area contributed by atoms with Gasteiger partial charge in [-0.3, -0.25) is 37.3 Å². The fraction of sp³-hybridized carbons (Fsp3) is 0.956. The number of hydrogen-bond acceptors (Lipinski definition) is 15. The summed E-state index contributed by atoms with van der Waals surface area (Å²) in [5.74, 6) is 0.233. The van der Waals surface area contributed by atoms with Crippen LogP contribution in [0.5, 0.6) is 0 Å². The number of unbranched alkanes of at least 4 members (excludes halogenated alkanes) is 55. The lowest BCUT2D eigenvalue weighted by molar-refractivity contribution is -0.161. The minimum absolute atomic E-state index is 0.106. The Hall–Kier alpha value is -1.94. The SMILES string of the molecule is CCCCCCCCCCCCCCCCCCCCCCCCC(=O)OC[C@H](COP(=O)(O)OC[C@@H](O)COP(=O)(O)OC[C@@H](COC(=O)CCCCCCCCC(C)C)OC(=O)CCCCCCCCCCCCCCCC(C)C)OC(=O)CCCCCCCCCCCCCCCCCCCCC(C)CC. The van der Waals surface area contributed by atoms with E-state index in [1.165, 1.54) is 283 Å². The third-order valence-corrected chi connectivity index (χ3v) is 23.4. The van der Waals surface area contributed by atoms with Crippen LogP contribution >= 0.6 is 15.6 Å². The number of hydrogen-bond donors (Lipinski definition) is 3. The second kappa shape index (κ2) is 79.9. The number of phosphoric acid groups is 2. The van der Waals surface area contributed by atoms with Crippen LogP contribution in [0.4, 0.5) is 0 Å². The molecule has 109 heavy (non-hydrogen) atoms. The molecule has 0 saturated heterocycles. The molecule has 6 atom stereocenters. The highest BCUT2D eigenvalue weighted by Crippen LogP contribution is 2.45. The van der Waals surface area contributed by atoms with Crippen LogP contribution in [0.25, 0.3) is 0 Å². The molecule has 0 bridgehead atoms. The summed E-state index contributed by atoms with van der Waals surface area (Å²) in [5.41, 5.74) is 0. The average molecular weight is 1590 g/mol. The topological polar surface area (TPSA) is 237 Å². The van der Waals surface area contributed by atoms with Crippen molar-refractivity contribution in [2.45, 2.75) is 497 Å². The fourth-order valence-electron chi connectivity index (χ4n) is 14.0. The van der Waals surface area contributed by atoms with E-state index >= 15 is 0 Å². The lowest BCUT2D eigenvalue weighted by Crippen LogP contribution is -2.30. The van der Waals surface area contributed by atoms with Crippen molar-refractivity contribution in [1.82, 2.24) is 0 Å². The fourth-order valence-corrected chi connectivity index (χ4v) is 15.6. The summed E-state index contributed by atoms with van der Waals surface area (Å²) in [6, 6.07) is 0. The molecule has 0 aliphatic rings. The van der Waals surface area contributed by atoms with Gasteiger partial charge in [-0.15, -0.1) is 0 Å². The molecule has 3 N–H and O–H groups in total. The summed E-state index contributed by atoms with van der Waals surface area (Å²) in [6.45, 7) is 12.0. The zero-order valence-electron chi connectivity index (χ0n) is 72.0. The number of rotatable bonds is 88. The summed E-state index contributed by atoms with van der Waals surface area (Å²) in [7, 11) is -9.93. The van der Waals surface area contributed by atoms with Crippen LogP contribution in [0, 0.1) is 17.8 Å². The van der Waals surface area contributed by atoms with E-state index in [9.17, 15) is 43.2 Å². The van der Waals surface area contributed by atoms with Crippen LogP contribution in [-0.4, -0.2) is 96.7 Å². The van der Waals surface area contributed by atoms with Crippen molar-refractivity contribution < 1.29 is 80.2 Å². The lowest BCUT2D eigenvalue weighted by atomic mass is 9.99. The molecule has 0 aromatic heterocycles. The Morgan fingerprint density at radius 3 is 0.697 bits per heavy atom. The Morgan fingerprint density at radius 2 is 0.468 bits per heavy atom. The Bertz CT molecular complexity index is 2100. The molecule has 0 aliphatic heterocycles. The van der Waals surface area contributed by atoms with E-state index in [1.54, 1.807) is 0 Å². The van der Waals surface area contributed by atoms with Crippen molar-refractivity contribution in [3.05, 3.63) is 0 Å². The second-order valence-electron chi connectivity index (χ2n) is 33.5. The van der Waals surface area contributed by atoms with Crippen molar-refractivity contribution in [2.75, 3.05) is 39.6 Å². The Morgan fingerprint density at radius 1 is 0.266 bits per heavy atom. The van der Waals surface area contributed by atoms with Crippen LogP contribution in [-0.2, 0) is 65.4 Å². The third-order valence-electron chi connectivity index (χ3n) is 21.5. The normalized spacial score (nSPS) is 14.1. The quantitative estimate of drug-likeness (QED) is 0.0222. The van der Waals surface area contributed by atoms with Crippen molar-refractivity contribution in [2.24, 2.45) is 17.8 Å². The van der Waals surface area contributed by atoms with E-state index < -0.39 is 97.5 Å². The molecule has 0 aliphatic carbocycles. The molecule has 19 heteroatoms. The minimum atomic E-state index is -4.97. The Kier molecular flexibility index (Phi) is 78.5. The largest absolute Gasteiger partial charge is 0.472 e. The molecule has 3 unspecified atom stereocenters. The molecule has 0 heterocycles. The van der Waals surface area contributed by atoms with Crippen LogP contribution in [0.1, 0.15) is 479 Å². The predicted molar refractivity (Wildman–Crippen MR) is 451 cm³/mol. The third kappa shape index (κ3) is 82.4. The van der Waals surface area contributed by atoms with Crippen molar-refractivity contribution >= 4 is 39.5 Å². The summed E-state index contributed by atoms with van der Waals surface area (Å²) in [4.78, 5) is 73.3. The van der Waals surface area contributed by atoms with Gasteiger partial charge in [-0.25, -0.2) is 9.13 Å². The zero-order valence-corrected chi connectivity index (χ0v) is 73.8. The molecule has 0 aromatic carbocycles. The van der Waals surface area contributed by atoms with Gasteiger partial charge in [-0.2, -0.15) is 0 Å². The summed E-state index contributed by atoms with van der Waals surface area (Å²) >= 11 is 0. The monoisotopic (exact) mass is 1590 g/mol. The van der Waals surface area contributed by atoms with Gasteiger partial charge in [0.25, 0.3) is 0 Å². The number of phosphoric ester groups is 2. The van der Waals surface area contributed by atoms with Crippen molar-refractivity contribution in [3.8, 4) is 0 Å². The van der Waals surface area contributed by atoms with Gasteiger partial charge in [0, 0.05) is 25.7 Å². The Labute approximate surface area is 670 Å². The van der Waals surface area contributed by atoms with Crippen LogP contribution in [0.15, 0.2) is 0 Å². The van der Waals surface area contributed by atoms with Crippen LogP contribution in [0.2, 0.25) is 0 Å². The lowest BCUT2D eigenvalue weighted by Gasteiger charge is -2.21. The standard InChI is InChI=1S/C90H176O17P2/c1-8-10-11-12-13-14-15-16-17-18-19-20-21-22-26-29-34-39-44-49-57-64-71-87(92)100-77-85(106-89(94)73-66-59-50-45-40-35-30-27-24-23-25-28-33-38-43-48-56-63-70-83(7)9-2)79-104-108(96,97)102-75-84(91)76-103-109(98,99)105-80-86(78-101-88(93)72-65-58-53-52-55-62-69-82(5)6)107-90(95)74-67-60-51-46-41-36-31-32-37-42-47-54-61-68-81(3)4/h81-86,91H,8-80H2,1-7H3,(H,96,97)(H,98,99)/t83?,84-,85-,86-/m1/s1. The van der Waals surface area contributed by atoms with Gasteiger partial charge in [-0.05, 0) is 43.4 Å². The van der Waals surface area contributed by atoms with Crippen molar-refractivity contribution in [3.63, 3.8) is 0 Å². The molecule has 0 saturated carbocycles. The van der Waals surface area contributed by atoms with E-state index in [0.29, 0.717) is 31.6 Å². The van der Waals surface area contributed by atoms with Gasteiger partial charge < -0.3 is 33.8 Å². The highest BCUT2D eigenvalue weighted by Gasteiger charge is 2.31. The molecule has 0 amide bonds. The smallest absolute Gasteiger partial charge is 0.462 e. The van der Waals surface area contributed by atoms with Gasteiger partial charge in [0.15, 0.2) is 12.2 Å². The van der Waals surface area contributed by atoms with Gasteiger partial charge in [0.05, 0.1) is 26.4 Å². The maximum atomic E-state index is 13.2. The van der Waals surface area contributed by atoms with Gasteiger partial charge in [0.1, 0.15) is 19.3 Å². The molecule has 0 aromatic rings. The molecular formula is C90H176O17P2. The van der Waals surface area contributed by atoms with E-state index in [0.717, 1.165) is 108 Å². The molecular weight excluding hydrogens is 1410 g/mol. The molecule has 648 valence electrons. The number of ether oxygens (including phenoxy) is 4. The minimum Gasteiger partial charge on any atom is -0.462 e. The van der Waals surface area contributed by atoms with E-state index in [1.807, 2.05) is 0 Å². The molecule has 17 nitrogen and oxygen atoms in total. The van der Waals surface area contributed by atoms with Crippen LogP contribution in [0.3, 0.4) is 0 Å². The van der Waals surface area contributed by atoms with Crippen LogP contribution < -0.4 is 0 Å². The highest BCUT2D eigenvalue weighted by atomic mass is 31.2. The number of esters is 4. The molecule has 0 spiro atoms. The summed E-state index contributed by atoms with van der Waals surface area (Å²) < 4.78 is 68.9. The maximum Gasteiger partial charge on any atom is 0.472 e. The number of aliphatic hydroxyl groups is 1. The first-order chi connectivity index (χ1) is 52.8. The number of carbonyl (C=O) groups excluding carboxylic acids is 4. The average Bonchev–Trinajstić information content (AvgIpc) is 0.889. The second-order valence-corrected chi connectivity index (χ2v) is 36.4. The first-order valence-electron chi connectivity index (χ1n) is 46.4. The molecule has 0 radical (unpaired) electrons. The van der Waals surface area contributed by atoms with Gasteiger partial charge in [-0.1, -0.05) is 427 Å². The Balaban J connectivity index is 5.19. The highest BCUT2D eigenvalue weighted by molar-refractivity contribution is 7.47. The maximum absolute atomic E-state index is 13.2. The van der Waals surface area contributed by atoms with E-state index in [-0.39, 0.29) is 25.7 Å². The van der Waals surface area contributed by atoms with E-state index in [4.69, 9.17) is 37.0 Å². The zero-order chi connectivity index (χ0) is 80.0. The first-order valence-corrected chi connectivity index (χ1v) is 49.4. The predicted octanol–water partition coefficient (Wildman–Crippen LogP) is 27.6. The summed E-state index contributed by atoms with van der Waals surface area (Å²) in [5, 5.41) is 10.7. The molecule has 0 fully saturated rings. The van der Waals surface area contributed by atoms with E-state index in [2.05, 4.69) is 48.5 Å². The first kappa shape index (κ1) is 107.